The molecular weight excluding hydrogens is 280 g/mol. The lowest BCUT2D eigenvalue weighted by atomic mass is 10.1. The molecule has 1 saturated carbocycles. The summed E-state index contributed by atoms with van der Waals surface area (Å²) in [7, 11) is -2.34. The number of carboxylic acids is 1. The number of hydrogen-bond donors (Lipinski definition) is 2. The number of carbonyl (C=O) groups is 1. The van der Waals surface area contributed by atoms with Crippen molar-refractivity contribution in [2.45, 2.75) is 18.9 Å². The van der Waals surface area contributed by atoms with E-state index in [0.717, 1.165) is 12.8 Å². The molecular formula is C13H18N2O4S. The zero-order valence-electron chi connectivity index (χ0n) is 11.2. The van der Waals surface area contributed by atoms with Crippen molar-refractivity contribution >= 4 is 16.2 Å². The summed E-state index contributed by atoms with van der Waals surface area (Å²) < 4.78 is 27.7. The summed E-state index contributed by atoms with van der Waals surface area (Å²) in [6, 6.07) is 6.99. The Kier molecular flexibility index (Phi) is 4.42. The van der Waals surface area contributed by atoms with Crippen molar-refractivity contribution in [3.8, 4) is 0 Å². The number of aliphatic carboxylic acids is 1. The van der Waals surface area contributed by atoms with Crippen molar-refractivity contribution in [3.05, 3.63) is 35.9 Å². The predicted molar refractivity (Wildman–Crippen MR) is 74.2 cm³/mol. The van der Waals surface area contributed by atoms with Crippen LogP contribution < -0.4 is 4.72 Å². The van der Waals surface area contributed by atoms with Crippen molar-refractivity contribution in [2.75, 3.05) is 13.6 Å². The van der Waals surface area contributed by atoms with E-state index < -0.39 is 22.2 Å². The highest BCUT2D eigenvalue weighted by atomic mass is 32.2. The van der Waals surface area contributed by atoms with Crippen LogP contribution in [0.25, 0.3) is 0 Å². The van der Waals surface area contributed by atoms with Crippen LogP contribution >= 0.6 is 0 Å². The van der Waals surface area contributed by atoms with Gasteiger partial charge in [0.05, 0.1) is 0 Å². The average molecular weight is 298 g/mol. The minimum atomic E-state index is -3.81. The fourth-order valence-electron chi connectivity index (χ4n) is 1.91. The summed E-state index contributed by atoms with van der Waals surface area (Å²) in [6.45, 7) is 0.427. The van der Waals surface area contributed by atoms with Gasteiger partial charge in [-0.05, 0) is 24.3 Å². The molecule has 0 spiro atoms. The fourth-order valence-corrected chi connectivity index (χ4v) is 3.03. The second-order valence-corrected chi connectivity index (χ2v) is 6.84. The Morgan fingerprint density at radius 1 is 1.40 bits per heavy atom. The van der Waals surface area contributed by atoms with Gasteiger partial charge in [-0.3, -0.25) is 4.79 Å². The summed E-state index contributed by atoms with van der Waals surface area (Å²) >= 11 is 0. The molecule has 1 atom stereocenters. The molecule has 2 N–H and O–H groups in total. The molecule has 1 aliphatic rings. The number of nitrogens with zero attached hydrogens (tertiary/aromatic N) is 1. The van der Waals surface area contributed by atoms with Crippen LogP contribution in [-0.4, -0.2) is 37.4 Å². The van der Waals surface area contributed by atoms with Crippen LogP contribution in [0.2, 0.25) is 0 Å². The first kappa shape index (κ1) is 15.0. The molecule has 0 saturated heterocycles. The summed E-state index contributed by atoms with van der Waals surface area (Å²) in [5, 5.41) is 9.22. The molecule has 0 aliphatic heterocycles. The molecule has 0 bridgehead atoms. The standard InChI is InChI=1S/C13H18N2O4S/c1-15(9-10-7-8-10)20(18,19)14-12(13(16)17)11-5-3-2-4-6-11/h2-6,10,12,14H,7-9H2,1H3,(H,16,17)/t12-/m0/s1. The molecule has 1 aliphatic carbocycles. The van der Waals surface area contributed by atoms with Crippen LogP contribution in [0.15, 0.2) is 30.3 Å². The van der Waals surface area contributed by atoms with Crippen molar-refractivity contribution < 1.29 is 18.3 Å². The molecule has 0 aromatic heterocycles. The molecule has 7 heteroatoms. The third-order valence-electron chi connectivity index (χ3n) is 3.27. The highest BCUT2D eigenvalue weighted by Gasteiger charge is 2.31. The van der Waals surface area contributed by atoms with Gasteiger partial charge in [-0.25, -0.2) is 0 Å². The molecule has 2 rings (SSSR count). The lowest BCUT2D eigenvalue weighted by Gasteiger charge is -2.21. The Labute approximate surface area is 118 Å². The van der Waals surface area contributed by atoms with E-state index in [9.17, 15) is 18.3 Å². The van der Waals surface area contributed by atoms with Gasteiger partial charge in [0.25, 0.3) is 10.2 Å². The Bertz CT molecular complexity index is 569. The molecule has 0 radical (unpaired) electrons. The van der Waals surface area contributed by atoms with Gasteiger partial charge in [0, 0.05) is 13.6 Å². The highest BCUT2D eigenvalue weighted by molar-refractivity contribution is 7.87. The van der Waals surface area contributed by atoms with Crippen LogP contribution in [0.4, 0.5) is 0 Å². The van der Waals surface area contributed by atoms with Gasteiger partial charge < -0.3 is 5.11 Å². The van der Waals surface area contributed by atoms with E-state index in [0.29, 0.717) is 18.0 Å². The summed E-state index contributed by atoms with van der Waals surface area (Å²) in [6.07, 6.45) is 2.06. The smallest absolute Gasteiger partial charge is 0.326 e. The number of rotatable bonds is 7. The van der Waals surface area contributed by atoms with Crippen LogP contribution in [0, 0.1) is 5.92 Å². The number of nitrogens with one attached hydrogen (secondary N) is 1. The number of benzene rings is 1. The average Bonchev–Trinajstić information content (AvgIpc) is 3.20. The van der Waals surface area contributed by atoms with Crippen LogP contribution in [0.5, 0.6) is 0 Å². The maximum absolute atomic E-state index is 12.1. The summed E-state index contributed by atoms with van der Waals surface area (Å²) in [5.74, 6) is -0.823. The van der Waals surface area contributed by atoms with E-state index in [1.54, 1.807) is 30.3 Å². The molecule has 0 unspecified atom stereocenters. The topological polar surface area (TPSA) is 86.7 Å². The van der Waals surface area contributed by atoms with Crippen LogP contribution in [0.3, 0.4) is 0 Å². The summed E-state index contributed by atoms with van der Waals surface area (Å²) in [4.78, 5) is 11.3. The zero-order valence-corrected chi connectivity index (χ0v) is 12.0. The van der Waals surface area contributed by atoms with E-state index in [1.165, 1.54) is 11.4 Å². The molecule has 1 aromatic carbocycles. The van der Waals surface area contributed by atoms with Gasteiger partial charge in [0.1, 0.15) is 6.04 Å². The lowest BCUT2D eigenvalue weighted by molar-refractivity contribution is -0.139. The predicted octanol–water partition coefficient (Wildman–Crippen LogP) is 0.989. The minimum absolute atomic E-state index is 0.400. The van der Waals surface area contributed by atoms with Crippen molar-refractivity contribution in [1.29, 1.82) is 0 Å². The van der Waals surface area contributed by atoms with Gasteiger partial charge in [0.2, 0.25) is 0 Å². The van der Waals surface area contributed by atoms with E-state index in [2.05, 4.69) is 4.72 Å². The Morgan fingerprint density at radius 2 is 2.00 bits per heavy atom. The van der Waals surface area contributed by atoms with Crippen molar-refractivity contribution in [2.24, 2.45) is 5.92 Å². The number of hydrogen-bond acceptors (Lipinski definition) is 3. The van der Waals surface area contributed by atoms with Crippen LogP contribution in [-0.2, 0) is 15.0 Å². The van der Waals surface area contributed by atoms with E-state index in [4.69, 9.17) is 0 Å². The Morgan fingerprint density at radius 3 is 2.50 bits per heavy atom. The molecule has 1 aromatic rings. The molecule has 20 heavy (non-hydrogen) atoms. The van der Waals surface area contributed by atoms with E-state index in [1.807, 2.05) is 0 Å². The third kappa shape index (κ3) is 3.78. The maximum Gasteiger partial charge on any atom is 0.326 e. The first-order chi connectivity index (χ1) is 9.40. The highest BCUT2D eigenvalue weighted by Crippen LogP contribution is 2.30. The summed E-state index contributed by atoms with van der Waals surface area (Å²) in [5.41, 5.74) is 0.406. The third-order valence-corrected chi connectivity index (χ3v) is 4.77. The largest absolute Gasteiger partial charge is 0.480 e. The van der Waals surface area contributed by atoms with Crippen molar-refractivity contribution in [1.82, 2.24) is 9.03 Å². The van der Waals surface area contributed by atoms with Gasteiger partial charge in [0.15, 0.2) is 0 Å². The number of carboxylic acid groups (broad SMARTS) is 1. The quantitative estimate of drug-likeness (QED) is 0.786. The maximum atomic E-state index is 12.1. The van der Waals surface area contributed by atoms with E-state index in [-0.39, 0.29) is 0 Å². The first-order valence-electron chi connectivity index (χ1n) is 6.41. The lowest BCUT2D eigenvalue weighted by Crippen LogP contribution is -2.43. The van der Waals surface area contributed by atoms with Gasteiger partial charge in [-0.15, -0.1) is 0 Å². The second kappa shape index (κ2) is 5.90. The molecule has 110 valence electrons. The minimum Gasteiger partial charge on any atom is -0.480 e. The van der Waals surface area contributed by atoms with Gasteiger partial charge in [-0.2, -0.15) is 17.4 Å². The van der Waals surface area contributed by atoms with Gasteiger partial charge >= 0.3 is 5.97 Å². The van der Waals surface area contributed by atoms with Gasteiger partial charge in [-0.1, -0.05) is 30.3 Å². The first-order valence-corrected chi connectivity index (χ1v) is 7.85. The molecule has 0 amide bonds. The second-order valence-electron chi connectivity index (χ2n) is 5.03. The normalized spacial score (nSPS) is 17.1. The monoisotopic (exact) mass is 298 g/mol. The molecule has 1 fully saturated rings. The van der Waals surface area contributed by atoms with Crippen LogP contribution in [0.1, 0.15) is 24.4 Å². The van der Waals surface area contributed by atoms with Crippen molar-refractivity contribution in [3.63, 3.8) is 0 Å². The molecule has 6 nitrogen and oxygen atoms in total. The zero-order chi connectivity index (χ0) is 14.8. The SMILES string of the molecule is CN(CC1CC1)S(=O)(=O)N[C@H](C(=O)O)c1ccccc1. The fraction of sp³-hybridized carbons (Fsp3) is 0.462. The van der Waals surface area contributed by atoms with E-state index >= 15 is 0 Å². The molecule has 0 heterocycles. The Balaban J connectivity index is 2.13. The Hall–Kier alpha value is -1.44.